The normalized spacial score (nSPS) is 19.1. The van der Waals surface area contributed by atoms with Crippen molar-refractivity contribution in [3.8, 4) is 17.2 Å². The summed E-state index contributed by atoms with van der Waals surface area (Å²) in [6, 6.07) is 11.7. The molecule has 0 spiro atoms. The number of carbonyl (C=O) groups excluding carboxylic acids is 2. The standard InChI is InChI=1S/C25H21F2N5O2/c26-25(27)10-18(11-28)32(14-25)23(33)13-31-24(34)19-7-8-29-22-6-3-16(9-20(19)22)17-4-5-21(30-12-17)15-1-2-15/h3-9,12,15,18H,1-2,10,13-14H2,(H,31,34). The van der Waals surface area contributed by atoms with Crippen LogP contribution in [0.1, 0.15) is 41.2 Å². The Bertz CT molecular complexity index is 1320. The van der Waals surface area contributed by atoms with Crippen LogP contribution >= 0.6 is 0 Å². The lowest BCUT2D eigenvalue weighted by atomic mass is 10.0. The first kappa shape index (κ1) is 21.9. The van der Waals surface area contributed by atoms with Crippen LogP contribution in [0, 0.1) is 11.3 Å². The fourth-order valence-electron chi connectivity index (χ4n) is 4.27. The number of amides is 2. The third kappa shape index (κ3) is 4.31. The summed E-state index contributed by atoms with van der Waals surface area (Å²) in [7, 11) is 0. The highest BCUT2D eigenvalue weighted by Crippen LogP contribution is 2.39. The van der Waals surface area contributed by atoms with Gasteiger partial charge in [-0.1, -0.05) is 12.1 Å². The van der Waals surface area contributed by atoms with Crippen LogP contribution in [0.15, 0.2) is 48.8 Å². The molecule has 5 rings (SSSR count). The molecule has 7 nitrogen and oxygen atoms in total. The number of carbonyl (C=O) groups is 2. The zero-order chi connectivity index (χ0) is 23.9. The summed E-state index contributed by atoms with van der Waals surface area (Å²) in [6.07, 6.45) is 4.97. The lowest BCUT2D eigenvalue weighted by Gasteiger charge is -2.19. The molecule has 1 saturated heterocycles. The molecular weight excluding hydrogens is 440 g/mol. The van der Waals surface area contributed by atoms with E-state index in [1.807, 2.05) is 36.5 Å². The Kier molecular flexibility index (Phi) is 5.44. The van der Waals surface area contributed by atoms with Crippen LogP contribution in [-0.4, -0.2) is 51.7 Å². The van der Waals surface area contributed by atoms with Gasteiger partial charge in [-0.15, -0.1) is 0 Å². The number of nitriles is 1. The molecule has 1 aromatic carbocycles. The highest BCUT2D eigenvalue weighted by atomic mass is 19.3. The third-order valence-corrected chi connectivity index (χ3v) is 6.24. The van der Waals surface area contributed by atoms with E-state index in [1.54, 1.807) is 12.1 Å². The van der Waals surface area contributed by atoms with Crippen molar-refractivity contribution in [2.75, 3.05) is 13.1 Å². The van der Waals surface area contributed by atoms with Crippen LogP contribution in [0.2, 0.25) is 0 Å². The predicted molar refractivity (Wildman–Crippen MR) is 120 cm³/mol. The molecule has 1 atom stereocenters. The number of nitrogens with zero attached hydrogens (tertiary/aromatic N) is 4. The van der Waals surface area contributed by atoms with Crippen molar-refractivity contribution in [2.45, 2.75) is 37.1 Å². The smallest absolute Gasteiger partial charge is 0.268 e. The van der Waals surface area contributed by atoms with Gasteiger partial charge in [0, 0.05) is 41.4 Å². The van der Waals surface area contributed by atoms with E-state index in [9.17, 15) is 18.4 Å². The second-order valence-electron chi connectivity index (χ2n) is 8.75. The number of aromatic nitrogens is 2. The van der Waals surface area contributed by atoms with Crippen LogP contribution in [0.4, 0.5) is 8.78 Å². The second kappa shape index (κ2) is 8.45. The quantitative estimate of drug-likeness (QED) is 0.625. The minimum atomic E-state index is -3.11. The van der Waals surface area contributed by atoms with Crippen molar-refractivity contribution in [1.82, 2.24) is 20.2 Å². The van der Waals surface area contributed by atoms with Crippen LogP contribution in [0.25, 0.3) is 22.0 Å². The van der Waals surface area contributed by atoms with Crippen LogP contribution in [-0.2, 0) is 4.79 Å². The Morgan fingerprint density at radius 3 is 2.65 bits per heavy atom. The van der Waals surface area contributed by atoms with E-state index in [0.717, 1.165) is 21.7 Å². The van der Waals surface area contributed by atoms with E-state index in [2.05, 4.69) is 15.3 Å². The number of fused-ring (bicyclic) bond motifs is 1. The van der Waals surface area contributed by atoms with Gasteiger partial charge in [0.25, 0.3) is 11.8 Å². The maximum Gasteiger partial charge on any atom is 0.268 e. The van der Waals surface area contributed by atoms with Crippen molar-refractivity contribution in [1.29, 1.82) is 5.26 Å². The van der Waals surface area contributed by atoms with E-state index < -0.39 is 43.3 Å². The number of hydrogen-bond donors (Lipinski definition) is 1. The first-order chi connectivity index (χ1) is 16.3. The fourth-order valence-corrected chi connectivity index (χ4v) is 4.27. The Morgan fingerprint density at radius 2 is 1.94 bits per heavy atom. The van der Waals surface area contributed by atoms with Crippen molar-refractivity contribution < 1.29 is 18.4 Å². The number of rotatable bonds is 5. The van der Waals surface area contributed by atoms with Crippen molar-refractivity contribution in [3.05, 3.63) is 60.0 Å². The average molecular weight is 461 g/mol. The van der Waals surface area contributed by atoms with Gasteiger partial charge in [-0.3, -0.25) is 19.6 Å². The van der Waals surface area contributed by atoms with Crippen molar-refractivity contribution in [3.63, 3.8) is 0 Å². The molecule has 34 heavy (non-hydrogen) atoms. The number of halogens is 2. The highest BCUT2D eigenvalue weighted by Gasteiger charge is 2.47. The molecule has 1 unspecified atom stereocenters. The molecule has 2 aromatic heterocycles. The molecule has 1 aliphatic carbocycles. The zero-order valence-corrected chi connectivity index (χ0v) is 18.2. The molecule has 172 valence electrons. The van der Waals surface area contributed by atoms with Crippen LogP contribution in [0.5, 0.6) is 0 Å². The molecule has 3 heterocycles. The summed E-state index contributed by atoms with van der Waals surface area (Å²) in [4.78, 5) is 35.0. The summed E-state index contributed by atoms with van der Waals surface area (Å²) in [5, 5.41) is 12.2. The molecule has 1 aliphatic heterocycles. The summed E-state index contributed by atoms with van der Waals surface area (Å²) in [5.41, 5.74) is 3.79. The molecule has 2 fully saturated rings. The summed E-state index contributed by atoms with van der Waals surface area (Å²) < 4.78 is 27.3. The van der Waals surface area contributed by atoms with Gasteiger partial charge in [0.1, 0.15) is 6.04 Å². The number of pyridine rings is 2. The van der Waals surface area contributed by atoms with E-state index in [0.29, 0.717) is 22.4 Å². The largest absolute Gasteiger partial charge is 0.343 e. The van der Waals surface area contributed by atoms with E-state index in [4.69, 9.17) is 5.26 Å². The number of hydrogen-bond acceptors (Lipinski definition) is 5. The predicted octanol–water partition coefficient (Wildman–Crippen LogP) is 3.66. The monoisotopic (exact) mass is 461 g/mol. The zero-order valence-electron chi connectivity index (χ0n) is 18.2. The lowest BCUT2D eigenvalue weighted by Crippen LogP contribution is -2.43. The first-order valence-corrected chi connectivity index (χ1v) is 11.0. The highest BCUT2D eigenvalue weighted by molar-refractivity contribution is 6.07. The van der Waals surface area contributed by atoms with Gasteiger partial charge in [-0.25, -0.2) is 8.78 Å². The molecule has 2 aliphatic rings. The number of alkyl halides is 2. The van der Waals surface area contributed by atoms with Gasteiger partial charge in [0.05, 0.1) is 30.2 Å². The molecular formula is C25H21F2N5O2. The van der Waals surface area contributed by atoms with E-state index >= 15 is 0 Å². The molecule has 1 N–H and O–H groups in total. The minimum absolute atomic E-state index is 0.311. The van der Waals surface area contributed by atoms with Crippen LogP contribution < -0.4 is 5.32 Å². The first-order valence-electron chi connectivity index (χ1n) is 11.0. The van der Waals surface area contributed by atoms with Gasteiger partial charge < -0.3 is 10.2 Å². The molecule has 0 bridgehead atoms. The molecule has 0 radical (unpaired) electrons. The van der Waals surface area contributed by atoms with Gasteiger partial charge in [-0.05, 0) is 42.7 Å². The Labute approximate surface area is 194 Å². The van der Waals surface area contributed by atoms with E-state index in [1.165, 1.54) is 19.0 Å². The SMILES string of the molecule is N#CC1CC(F)(F)CN1C(=O)CNC(=O)c1ccnc2ccc(-c3ccc(C4CC4)nc3)cc12. The summed E-state index contributed by atoms with van der Waals surface area (Å²) in [5.74, 6) is -3.80. The second-order valence-corrected chi connectivity index (χ2v) is 8.75. The topological polar surface area (TPSA) is 99.0 Å². The molecule has 1 saturated carbocycles. The maximum absolute atomic E-state index is 13.6. The van der Waals surface area contributed by atoms with Gasteiger partial charge in [0.2, 0.25) is 5.91 Å². The van der Waals surface area contributed by atoms with Crippen molar-refractivity contribution >= 4 is 22.7 Å². The fraction of sp³-hybridized carbons (Fsp3) is 0.320. The third-order valence-electron chi connectivity index (χ3n) is 6.24. The van der Waals surface area contributed by atoms with Gasteiger partial charge >= 0.3 is 0 Å². The molecule has 9 heteroatoms. The van der Waals surface area contributed by atoms with Crippen LogP contribution in [0.3, 0.4) is 0 Å². The molecule has 2 amide bonds. The number of nitrogens with one attached hydrogen (secondary N) is 1. The summed E-state index contributed by atoms with van der Waals surface area (Å²) >= 11 is 0. The Hall–Kier alpha value is -3.93. The van der Waals surface area contributed by atoms with E-state index in [-0.39, 0.29) is 0 Å². The average Bonchev–Trinajstić information content (AvgIpc) is 3.64. The number of benzene rings is 1. The Balaban J connectivity index is 1.34. The van der Waals surface area contributed by atoms with Gasteiger partial charge in [0.15, 0.2) is 0 Å². The molecule has 3 aromatic rings. The number of likely N-dealkylation sites (tertiary alicyclic amines) is 1. The maximum atomic E-state index is 13.6. The minimum Gasteiger partial charge on any atom is -0.343 e. The van der Waals surface area contributed by atoms with Gasteiger partial charge in [-0.2, -0.15) is 5.26 Å². The Morgan fingerprint density at radius 1 is 1.15 bits per heavy atom. The lowest BCUT2D eigenvalue weighted by molar-refractivity contribution is -0.131. The summed E-state index contributed by atoms with van der Waals surface area (Å²) in [6.45, 7) is -1.31. The van der Waals surface area contributed by atoms with Crippen molar-refractivity contribution in [2.24, 2.45) is 0 Å².